The van der Waals surface area contributed by atoms with Crippen molar-refractivity contribution in [1.82, 2.24) is 4.72 Å². The molecular weight excluding hydrogens is 398 g/mol. The molecule has 28 heavy (non-hydrogen) atoms. The highest BCUT2D eigenvalue weighted by molar-refractivity contribution is 8.00. The lowest BCUT2D eigenvalue weighted by Gasteiger charge is -2.08. The summed E-state index contributed by atoms with van der Waals surface area (Å²) in [6.45, 7) is 5.30. The topological polar surface area (TPSA) is 87.6 Å². The fourth-order valence-corrected chi connectivity index (χ4v) is 4.55. The largest absolute Gasteiger partial charge is 0.324 e. The van der Waals surface area contributed by atoms with Crippen molar-refractivity contribution in [3.05, 3.63) is 69.8 Å². The van der Waals surface area contributed by atoms with Gasteiger partial charge < -0.3 is 5.32 Å². The molecule has 146 valence electrons. The van der Waals surface area contributed by atoms with Gasteiger partial charge in [0.25, 0.3) is 10.0 Å². The van der Waals surface area contributed by atoms with Gasteiger partial charge in [-0.25, -0.2) is 8.42 Å². The lowest BCUT2D eigenvalue weighted by atomic mass is 10.1. The van der Waals surface area contributed by atoms with Gasteiger partial charge in [-0.1, -0.05) is 35.9 Å². The minimum Gasteiger partial charge on any atom is -0.324 e. The van der Waals surface area contributed by atoms with Crippen LogP contribution in [0.4, 0.5) is 5.69 Å². The number of nitrogens with one attached hydrogen (secondary N) is 2. The van der Waals surface area contributed by atoms with Crippen LogP contribution in [0.3, 0.4) is 0 Å². The van der Waals surface area contributed by atoms with Crippen LogP contribution in [0.5, 0.6) is 0 Å². The maximum atomic E-state index is 12.5. The molecule has 2 N–H and O–H groups in total. The van der Waals surface area contributed by atoms with Gasteiger partial charge in [0.05, 0.1) is 0 Å². The summed E-state index contributed by atoms with van der Waals surface area (Å²) >= 11 is 5.88. The van der Waals surface area contributed by atoms with E-state index in [1.165, 1.54) is 0 Å². The van der Waals surface area contributed by atoms with Crippen molar-refractivity contribution in [2.24, 2.45) is 4.99 Å². The first kappa shape index (κ1) is 20.1. The van der Waals surface area contributed by atoms with Crippen LogP contribution in [0.1, 0.15) is 23.6 Å². The van der Waals surface area contributed by atoms with Gasteiger partial charge in [-0.2, -0.15) is 0 Å². The fraction of sp³-hybridized carbons (Fsp3) is 0.200. The molecule has 0 radical (unpaired) electrons. The van der Waals surface area contributed by atoms with E-state index < -0.39 is 10.0 Å². The molecule has 0 atom stereocenters. The zero-order valence-corrected chi connectivity index (χ0v) is 17.3. The predicted molar refractivity (Wildman–Crippen MR) is 113 cm³/mol. The number of hydrogen-bond donors (Lipinski definition) is 2. The van der Waals surface area contributed by atoms with Crippen molar-refractivity contribution < 1.29 is 13.2 Å². The summed E-state index contributed by atoms with van der Waals surface area (Å²) < 4.78 is 27.4. The molecule has 1 heterocycles. The normalized spacial score (nSPS) is 16.9. The summed E-state index contributed by atoms with van der Waals surface area (Å²) in [6.07, 6.45) is 0. The fourth-order valence-electron chi connectivity index (χ4n) is 2.90. The number of benzene rings is 2. The Bertz CT molecular complexity index is 1100. The second-order valence-electron chi connectivity index (χ2n) is 6.60. The molecule has 0 saturated heterocycles. The van der Waals surface area contributed by atoms with Crippen LogP contribution < -0.4 is 10.0 Å². The molecule has 8 heteroatoms. The number of hydrogen-bond acceptors (Lipinski definition) is 4. The van der Waals surface area contributed by atoms with Gasteiger partial charge >= 0.3 is 0 Å². The molecule has 0 fully saturated rings. The molecule has 1 aliphatic heterocycles. The van der Waals surface area contributed by atoms with Crippen LogP contribution in [0.15, 0.2) is 53.0 Å². The van der Waals surface area contributed by atoms with E-state index in [0.29, 0.717) is 21.8 Å². The molecule has 0 aromatic heterocycles. The van der Waals surface area contributed by atoms with E-state index in [1.54, 1.807) is 31.2 Å². The predicted octanol–water partition coefficient (Wildman–Crippen LogP) is 3.66. The summed E-state index contributed by atoms with van der Waals surface area (Å²) in [6, 6.07) is 12.3. The highest BCUT2D eigenvalue weighted by Gasteiger charge is 2.32. The number of aryl methyl sites for hydroxylation is 2. The summed E-state index contributed by atoms with van der Waals surface area (Å²) in [4.78, 5) is 16.6. The van der Waals surface area contributed by atoms with E-state index in [-0.39, 0.29) is 23.2 Å². The minimum absolute atomic E-state index is 0.137. The average Bonchev–Trinajstić information content (AvgIpc) is 2.86. The Balaban J connectivity index is 1.81. The summed E-state index contributed by atoms with van der Waals surface area (Å²) in [5.74, 6) is -0.158. The number of nitrogens with zero attached hydrogens (tertiary/aromatic N) is 1. The van der Waals surface area contributed by atoms with Crippen molar-refractivity contribution in [2.75, 3.05) is 11.9 Å². The number of rotatable bonds is 4. The van der Waals surface area contributed by atoms with Crippen molar-refractivity contribution in [3.63, 3.8) is 0 Å². The monoisotopic (exact) mass is 417 g/mol. The molecule has 0 saturated carbocycles. The second-order valence-corrected chi connectivity index (χ2v) is 8.65. The summed E-state index contributed by atoms with van der Waals surface area (Å²) in [5.41, 5.74) is 3.66. The molecule has 0 spiro atoms. The number of carbonyl (C=O) groups excluding carboxylic acids is 1. The third-order valence-corrected chi connectivity index (χ3v) is 6.14. The Morgan fingerprint density at radius 3 is 2.46 bits per heavy atom. The maximum absolute atomic E-state index is 12.5. The first-order valence-corrected chi connectivity index (χ1v) is 10.4. The van der Waals surface area contributed by atoms with Gasteiger partial charge in [0.15, 0.2) is 0 Å². The molecule has 0 bridgehead atoms. The van der Waals surface area contributed by atoms with Crippen LogP contribution in [-0.4, -0.2) is 26.7 Å². The lowest BCUT2D eigenvalue weighted by molar-refractivity contribution is -0.114. The number of sulfonamides is 1. The van der Waals surface area contributed by atoms with Gasteiger partial charge in [0.2, 0.25) is 5.91 Å². The molecule has 2 aromatic carbocycles. The number of amidine groups is 1. The Morgan fingerprint density at radius 2 is 1.79 bits per heavy atom. The minimum atomic E-state index is -3.75. The molecule has 2 aromatic rings. The molecule has 6 nitrogen and oxygen atoms in total. The Hall–Kier alpha value is -2.64. The summed E-state index contributed by atoms with van der Waals surface area (Å²) in [7, 11) is -3.75. The van der Waals surface area contributed by atoms with Gasteiger partial charge in [0.1, 0.15) is 17.3 Å². The number of halogens is 1. The Labute approximate surface area is 169 Å². The maximum Gasteiger partial charge on any atom is 0.264 e. The van der Waals surface area contributed by atoms with Crippen molar-refractivity contribution in [3.8, 4) is 0 Å². The van der Waals surface area contributed by atoms with Gasteiger partial charge in [-0.3, -0.25) is 14.5 Å². The molecule has 1 aliphatic rings. The van der Waals surface area contributed by atoms with Crippen molar-refractivity contribution in [2.45, 2.75) is 20.8 Å². The zero-order valence-electron chi connectivity index (χ0n) is 15.7. The smallest absolute Gasteiger partial charge is 0.264 e. The quantitative estimate of drug-likeness (QED) is 0.795. The highest BCUT2D eigenvalue weighted by atomic mass is 35.5. The second kappa shape index (κ2) is 7.77. The molecule has 3 rings (SSSR count). The molecule has 1 amide bonds. The third kappa shape index (κ3) is 4.26. The van der Waals surface area contributed by atoms with E-state index >= 15 is 0 Å². The van der Waals surface area contributed by atoms with E-state index in [4.69, 9.17) is 11.6 Å². The van der Waals surface area contributed by atoms with Gasteiger partial charge in [-0.15, -0.1) is 0 Å². The van der Waals surface area contributed by atoms with Crippen LogP contribution in [-0.2, 0) is 14.8 Å². The average molecular weight is 418 g/mol. The number of carbonyl (C=O) groups is 1. The first-order valence-electron chi connectivity index (χ1n) is 8.59. The van der Waals surface area contributed by atoms with Gasteiger partial charge in [-0.05, 0) is 55.7 Å². The van der Waals surface area contributed by atoms with E-state index in [0.717, 1.165) is 11.1 Å². The van der Waals surface area contributed by atoms with Crippen LogP contribution in [0, 0.1) is 13.8 Å². The van der Waals surface area contributed by atoms with Crippen LogP contribution in [0.2, 0.25) is 5.02 Å². The Kier molecular flexibility index (Phi) is 5.58. The van der Waals surface area contributed by atoms with Crippen LogP contribution in [0.25, 0.3) is 4.91 Å². The molecule has 0 aliphatic carbocycles. The number of aliphatic imine (C=N–C) groups is 1. The van der Waals surface area contributed by atoms with E-state index in [2.05, 4.69) is 15.0 Å². The van der Waals surface area contributed by atoms with Crippen molar-refractivity contribution >= 4 is 44.0 Å². The standard InChI is InChI=1S/C20H20ClN3O3S/c1-12-4-5-13(2)17(10-12)23-18(25)11-22-20-14(3)19(28(26,27)24-20)15-6-8-16(21)9-7-15/h4-10H,11H2,1-3H3,(H,22,24)(H,23,25). The number of anilines is 1. The zero-order chi connectivity index (χ0) is 20.5. The third-order valence-electron chi connectivity index (χ3n) is 4.35. The first-order chi connectivity index (χ1) is 13.2. The van der Waals surface area contributed by atoms with Crippen molar-refractivity contribution in [1.29, 1.82) is 0 Å². The number of amides is 1. The van der Waals surface area contributed by atoms with E-state index in [9.17, 15) is 13.2 Å². The highest BCUT2D eigenvalue weighted by Crippen LogP contribution is 2.30. The molecule has 0 unspecified atom stereocenters. The van der Waals surface area contributed by atoms with Gasteiger partial charge in [0, 0.05) is 16.3 Å². The Morgan fingerprint density at radius 1 is 1.11 bits per heavy atom. The lowest BCUT2D eigenvalue weighted by Crippen LogP contribution is -2.25. The summed E-state index contributed by atoms with van der Waals surface area (Å²) in [5, 5.41) is 3.32. The molecular formula is C20H20ClN3O3S. The van der Waals surface area contributed by atoms with Crippen LogP contribution >= 0.6 is 11.6 Å². The van der Waals surface area contributed by atoms with E-state index in [1.807, 2.05) is 32.0 Å². The SMILES string of the molecule is CC1=C(c2ccc(Cl)cc2)S(=O)(=O)NC1=NCC(=O)Nc1cc(C)ccc1C.